The highest BCUT2D eigenvalue weighted by Crippen LogP contribution is 2.18. The number of carbonyl (C=O) groups is 1. The summed E-state index contributed by atoms with van der Waals surface area (Å²) in [5.41, 5.74) is 1.74. The van der Waals surface area contributed by atoms with Crippen LogP contribution in [0.4, 0.5) is 0 Å². The topological polar surface area (TPSA) is 70.4 Å². The molecule has 4 heteroatoms. The first-order valence-electron chi connectivity index (χ1n) is 5.61. The summed E-state index contributed by atoms with van der Waals surface area (Å²) in [7, 11) is 0. The van der Waals surface area contributed by atoms with Gasteiger partial charge in [-0.1, -0.05) is 18.2 Å². The molecule has 0 saturated carbocycles. The van der Waals surface area contributed by atoms with Gasteiger partial charge in [-0.2, -0.15) is 0 Å². The molecule has 0 unspecified atom stereocenters. The van der Waals surface area contributed by atoms with Gasteiger partial charge in [-0.25, -0.2) is 4.79 Å². The molecular formula is C14H13NO3. The molecule has 2 aromatic rings. The lowest BCUT2D eigenvalue weighted by atomic mass is 10.0. The highest BCUT2D eigenvalue weighted by atomic mass is 16.4. The normalized spacial score (nSPS) is 10.2. The predicted molar refractivity (Wildman–Crippen MR) is 66.7 cm³/mol. The first kappa shape index (κ1) is 12.1. The number of phenolic OH excluding ortho intramolecular Hbond substituents is 1. The quantitative estimate of drug-likeness (QED) is 0.864. The van der Waals surface area contributed by atoms with E-state index in [0.717, 1.165) is 5.56 Å². The molecule has 0 aliphatic rings. The molecule has 1 aromatic heterocycles. The lowest BCUT2D eigenvalue weighted by Gasteiger charge is -2.06. The molecule has 18 heavy (non-hydrogen) atoms. The third kappa shape index (κ3) is 2.66. The SMILES string of the molecule is O=C(O)c1ccncc1CCc1ccccc1O. The molecule has 1 heterocycles. The number of rotatable bonds is 4. The Kier molecular flexibility index (Phi) is 3.57. The summed E-state index contributed by atoms with van der Waals surface area (Å²) in [5, 5.41) is 18.7. The van der Waals surface area contributed by atoms with E-state index in [1.54, 1.807) is 18.3 Å². The monoisotopic (exact) mass is 243 g/mol. The predicted octanol–water partition coefficient (Wildman–Crippen LogP) is 2.27. The van der Waals surface area contributed by atoms with Crippen molar-refractivity contribution >= 4 is 5.97 Å². The van der Waals surface area contributed by atoms with Crippen molar-refractivity contribution < 1.29 is 15.0 Å². The van der Waals surface area contributed by atoms with Gasteiger partial charge < -0.3 is 10.2 Å². The third-order valence-corrected chi connectivity index (χ3v) is 2.79. The first-order valence-corrected chi connectivity index (χ1v) is 5.61. The maximum atomic E-state index is 11.0. The molecule has 2 rings (SSSR count). The smallest absolute Gasteiger partial charge is 0.336 e. The van der Waals surface area contributed by atoms with Crippen LogP contribution in [0.5, 0.6) is 5.75 Å². The molecule has 4 nitrogen and oxygen atoms in total. The van der Waals surface area contributed by atoms with Gasteiger partial charge in [-0.05, 0) is 36.1 Å². The van der Waals surface area contributed by atoms with E-state index in [9.17, 15) is 9.90 Å². The van der Waals surface area contributed by atoms with Crippen molar-refractivity contribution in [1.82, 2.24) is 4.98 Å². The molecule has 1 aromatic carbocycles. The Labute approximate surface area is 105 Å². The maximum Gasteiger partial charge on any atom is 0.336 e. The number of aromatic nitrogens is 1. The van der Waals surface area contributed by atoms with Gasteiger partial charge in [0.15, 0.2) is 0 Å². The van der Waals surface area contributed by atoms with Gasteiger partial charge >= 0.3 is 5.97 Å². The molecule has 0 spiro atoms. The van der Waals surface area contributed by atoms with Crippen molar-refractivity contribution in [2.45, 2.75) is 12.8 Å². The lowest BCUT2D eigenvalue weighted by Crippen LogP contribution is -2.04. The van der Waals surface area contributed by atoms with Crippen molar-refractivity contribution in [2.75, 3.05) is 0 Å². The molecule has 0 aliphatic heterocycles. The molecule has 0 bridgehead atoms. The number of aromatic carboxylic acids is 1. The fourth-order valence-corrected chi connectivity index (χ4v) is 1.83. The van der Waals surface area contributed by atoms with Crippen LogP contribution in [-0.2, 0) is 12.8 Å². The first-order chi connectivity index (χ1) is 8.68. The highest BCUT2D eigenvalue weighted by molar-refractivity contribution is 5.89. The van der Waals surface area contributed by atoms with E-state index in [0.29, 0.717) is 18.4 Å². The van der Waals surface area contributed by atoms with Crippen LogP contribution < -0.4 is 0 Å². The summed E-state index contributed by atoms with van der Waals surface area (Å²) in [6.45, 7) is 0. The standard InChI is InChI=1S/C14H13NO3/c16-13-4-2-1-3-10(13)5-6-11-9-15-8-7-12(11)14(17)18/h1-4,7-9,16H,5-6H2,(H,17,18). The Hall–Kier alpha value is -2.36. The molecule has 2 N–H and O–H groups in total. The van der Waals surface area contributed by atoms with Gasteiger partial charge in [-0.15, -0.1) is 0 Å². The van der Waals surface area contributed by atoms with Gasteiger partial charge in [0.05, 0.1) is 5.56 Å². The minimum absolute atomic E-state index is 0.235. The van der Waals surface area contributed by atoms with Crippen LogP contribution in [0, 0.1) is 0 Å². The van der Waals surface area contributed by atoms with Gasteiger partial charge in [0.1, 0.15) is 5.75 Å². The van der Waals surface area contributed by atoms with Crippen LogP contribution in [0.3, 0.4) is 0 Å². The van der Waals surface area contributed by atoms with Gasteiger partial charge in [0.2, 0.25) is 0 Å². The van der Waals surface area contributed by atoms with Crippen LogP contribution in [0.25, 0.3) is 0 Å². The van der Waals surface area contributed by atoms with Crippen LogP contribution in [0.15, 0.2) is 42.7 Å². The van der Waals surface area contributed by atoms with Crippen LogP contribution in [-0.4, -0.2) is 21.2 Å². The highest BCUT2D eigenvalue weighted by Gasteiger charge is 2.10. The molecule has 0 radical (unpaired) electrons. The second-order valence-electron chi connectivity index (χ2n) is 3.97. The lowest BCUT2D eigenvalue weighted by molar-refractivity contribution is 0.0695. The van der Waals surface area contributed by atoms with Crippen molar-refractivity contribution in [3.63, 3.8) is 0 Å². The van der Waals surface area contributed by atoms with Crippen molar-refractivity contribution in [3.8, 4) is 5.75 Å². The zero-order valence-electron chi connectivity index (χ0n) is 9.71. The summed E-state index contributed by atoms with van der Waals surface area (Å²) in [6.07, 6.45) is 4.14. The summed E-state index contributed by atoms with van der Waals surface area (Å²) < 4.78 is 0. The largest absolute Gasteiger partial charge is 0.508 e. The third-order valence-electron chi connectivity index (χ3n) is 2.79. The van der Waals surface area contributed by atoms with E-state index < -0.39 is 5.97 Å². The van der Waals surface area contributed by atoms with Crippen molar-refractivity contribution in [1.29, 1.82) is 0 Å². The van der Waals surface area contributed by atoms with Crippen LogP contribution in [0.2, 0.25) is 0 Å². The minimum Gasteiger partial charge on any atom is -0.508 e. The molecular weight excluding hydrogens is 230 g/mol. The van der Waals surface area contributed by atoms with E-state index in [-0.39, 0.29) is 11.3 Å². The fourth-order valence-electron chi connectivity index (χ4n) is 1.83. The molecule has 0 aliphatic carbocycles. The number of carboxylic acids is 1. The minimum atomic E-state index is -0.954. The molecule has 0 amide bonds. The number of nitrogens with zero attached hydrogens (tertiary/aromatic N) is 1. The molecule has 0 saturated heterocycles. The summed E-state index contributed by atoms with van der Waals surface area (Å²) in [4.78, 5) is 15.0. The number of aryl methyl sites for hydroxylation is 2. The number of hydrogen-bond donors (Lipinski definition) is 2. The van der Waals surface area contributed by atoms with Crippen molar-refractivity contribution in [2.24, 2.45) is 0 Å². The number of phenols is 1. The summed E-state index contributed by atoms with van der Waals surface area (Å²) in [6, 6.07) is 8.54. The fraction of sp³-hybridized carbons (Fsp3) is 0.143. The Morgan fingerprint density at radius 3 is 2.56 bits per heavy atom. The second kappa shape index (κ2) is 5.31. The van der Waals surface area contributed by atoms with Gasteiger partial charge in [0, 0.05) is 12.4 Å². The van der Waals surface area contributed by atoms with E-state index in [1.165, 1.54) is 12.3 Å². The number of aromatic hydroxyl groups is 1. The summed E-state index contributed by atoms with van der Waals surface area (Å²) in [5.74, 6) is -0.719. The zero-order valence-corrected chi connectivity index (χ0v) is 9.71. The molecule has 0 fully saturated rings. The van der Waals surface area contributed by atoms with E-state index in [1.807, 2.05) is 12.1 Å². The zero-order chi connectivity index (χ0) is 13.0. The average Bonchev–Trinajstić information content (AvgIpc) is 2.38. The number of benzene rings is 1. The van der Waals surface area contributed by atoms with E-state index in [2.05, 4.69) is 4.98 Å². The summed E-state index contributed by atoms with van der Waals surface area (Å²) >= 11 is 0. The van der Waals surface area contributed by atoms with Crippen molar-refractivity contribution in [3.05, 3.63) is 59.4 Å². The van der Waals surface area contributed by atoms with E-state index in [4.69, 9.17) is 5.11 Å². The number of hydrogen-bond acceptors (Lipinski definition) is 3. The number of pyridine rings is 1. The Morgan fingerprint density at radius 2 is 1.83 bits per heavy atom. The molecule has 92 valence electrons. The Bertz CT molecular complexity index is 566. The second-order valence-corrected chi connectivity index (χ2v) is 3.97. The number of carboxylic acid groups (broad SMARTS) is 1. The Balaban J connectivity index is 2.16. The van der Waals surface area contributed by atoms with E-state index >= 15 is 0 Å². The van der Waals surface area contributed by atoms with Crippen LogP contribution >= 0.6 is 0 Å². The average molecular weight is 243 g/mol. The number of para-hydroxylation sites is 1. The van der Waals surface area contributed by atoms with Crippen LogP contribution in [0.1, 0.15) is 21.5 Å². The van der Waals surface area contributed by atoms with Gasteiger partial charge in [-0.3, -0.25) is 4.98 Å². The maximum absolute atomic E-state index is 11.0. The molecule has 0 atom stereocenters. The Morgan fingerprint density at radius 1 is 1.11 bits per heavy atom. The van der Waals surface area contributed by atoms with Gasteiger partial charge in [0.25, 0.3) is 0 Å².